The van der Waals surface area contributed by atoms with E-state index in [1.54, 1.807) is 0 Å². The Hall–Kier alpha value is -3.37. The molecule has 2 aromatic carbocycles. The second-order valence-electron chi connectivity index (χ2n) is 6.65. The number of likely N-dealkylation sites (tertiary alicyclic amines) is 1. The Morgan fingerprint density at radius 3 is 2.73 bits per heavy atom. The molecule has 3 aromatic rings. The predicted octanol–water partition coefficient (Wildman–Crippen LogP) is 4.33. The fraction of sp³-hybridized carbons (Fsp3) is 0.263. The first-order valence-corrected chi connectivity index (χ1v) is 8.86. The van der Waals surface area contributed by atoms with E-state index in [1.807, 2.05) is 0 Å². The van der Waals surface area contributed by atoms with E-state index >= 15 is 0 Å². The molecule has 1 unspecified atom stereocenters. The van der Waals surface area contributed by atoms with Gasteiger partial charge in [-0.25, -0.2) is 4.39 Å². The SMILES string of the molecule is O=C(c1ccccc1OC(F)(F)F)N1CCC(Nc2nc3ccc(F)c(F)c3o2)C1. The van der Waals surface area contributed by atoms with Crippen molar-refractivity contribution < 1.29 is 35.9 Å². The molecule has 30 heavy (non-hydrogen) atoms. The summed E-state index contributed by atoms with van der Waals surface area (Å²) in [6, 6.07) is 6.90. The number of carbonyl (C=O) groups excluding carboxylic acids is 1. The summed E-state index contributed by atoms with van der Waals surface area (Å²) in [5.74, 6) is -3.42. The number of benzene rings is 2. The van der Waals surface area contributed by atoms with E-state index in [1.165, 1.54) is 29.2 Å². The zero-order valence-electron chi connectivity index (χ0n) is 15.2. The van der Waals surface area contributed by atoms with Crippen molar-refractivity contribution in [2.75, 3.05) is 18.4 Å². The fourth-order valence-electron chi connectivity index (χ4n) is 3.26. The quantitative estimate of drug-likeness (QED) is 0.628. The van der Waals surface area contributed by atoms with Crippen LogP contribution in [0.2, 0.25) is 0 Å². The number of anilines is 1. The molecule has 1 N–H and O–H groups in total. The lowest BCUT2D eigenvalue weighted by Crippen LogP contribution is -2.32. The molecule has 1 saturated heterocycles. The lowest BCUT2D eigenvalue weighted by atomic mass is 10.2. The fourth-order valence-corrected chi connectivity index (χ4v) is 3.26. The molecule has 1 aliphatic rings. The summed E-state index contributed by atoms with van der Waals surface area (Å²) in [4.78, 5) is 18.1. The van der Waals surface area contributed by atoms with Crippen molar-refractivity contribution in [2.24, 2.45) is 0 Å². The normalized spacial score (nSPS) is 16.8. The molecule has 158 valence electrons. The highest BCUT2D eigenvalue weighted by atomic mass is 19.4. The largest absolute Gasteiger partial charge is 0.573 e. The number of rotatable bonds is 4. The molecule has 1 amide bonds. The highest BCUT2D eigenvalue weighted by molar-refractivity contribution is 5.97. The number of oxazole rings is 1. The lowest BCUT2D eigenvalue weighted by Gasteiger charge is -2.19. The number of nitrogens with zero attached hydrogens (tertiary/aromatic N) is 2. The molecule has 0 radical (unpaired) electrons. The van der Waals surface area contributed by atoms with Crippen molar-refractivity contribution in [1.29, 1.82) is 0 Å². The van der Waals surface area contributed by atoms with E-state index < -0.39 is 29.7 Å². The van der Waals surface area contributed by atoms with Gasteiger partial charge in [-0.15, -0.1) is 13.2 Å². The summed E-state index contributed by atoms with van der Waals surface area (Å²) in [6.07, 6.45) is -4.48. The van der Waals surface area contributed by atoms with Crippen LogP contribution in [0.15, 0.2) is 40.8 Å². The number of alkyl halides is 3. The molecule has 2 heterocycles. The van der Waals surface area contributed by atoms with Gasteiger partial charge < -0.3 is 19.4 Å². The van der Waals surface area contributed by atoms with Crippen LogP contribution in [0.4, 0.5) is 28.0 Å². The maximum Gasteiger partial charge on any atom is 0.573 e. The second kappa shape index (κ2) is 7.47. The van der Waals surface area contributed by atoms with Crippen LogP contribution in [0, 0.1) is 11.6 Å². The number of halogens is 5. The smallest absolute Gasteiger partial charge is 0.420 e. The van der Waals surface area contributed by atoms with Crippen molar-refractivity contribution in [3.8, 4) is 5.75 Å². The van der Waals surface area contributed by atoms with E-state index in [2.05, 4.69) is 15.0 Å². The van der Waals surface area contributed by atoms with Gasteiger partial charge in [0.2, 0.25) is 5.82 Å². The molecular formula is C19H14F5N3O3. The number of amides is 1. The average molecular weight is 427 g/mol. The first-order chi connectivity index (χ1) is 14.2. The molecule has 1 aliphatic heterocycles. The summed E-state index contributed by atoms with van der Waals surface area (Å²) in [6.45, 7) is 0.412. The van der Waals surface area contributed by atoms with Crippen LogP contribution in [0.3, 0.4) is 0 Å². The summed E-state index contributed by atoms with van der Waals surface area (Å²) in [5.41, 5.74) is -0.419. The van der Waals surface area contributed by atoms with Gasteiger partial charge in [0.15, 0.2) is 11.4 Å². The Bertz CT molecular complexity index is 1100. The van der Waals surface area contributed by atoms with Gasteiger partial charge in [0.25, 0.3) is 11.9 Å². The summed E-state index contributed by atoms with van der Waals surface area (Å²) in [7, 11) is 0. The number of hydrogen-bond acceptors (Lipinski definition) is 5. The molecule has 1 fully saturated rings. The van der Waals surface area contributed by atoms with Gasteiger partial charge in [-0.3, -0.25) is 4.79 Å². The van der Waals surface area contributed by atoms with Crippen molar-refractivity contribution in [3.63, 3.8) is 0 Å². The highest BCUT2D eigenvalue weighted by Crippen LogP contribution is 2.29. The van der Waals surface area contributed by atoms with Gasteiger partial charge in [0.1, 0.15) is 11.3 Å². The van der Waals surface area contributed by atoms with E-state index in [9.17, 15) is 26.7 Å². The van der Waals surface area contributed by atoms with Crippen LogP contribution in [0.1, 0.15) is 16.8 Å². The Morgan fingerprint density at radius 1 is 1.20 bits per heavy atom. The van der Waals surface area contributed by atoms with Crippen LogP contribution in [0.25, 0.3) is 11.1 Å². The van der Waals surface area contributed by atoms with E-state index in [4.69, 9.17) is 4.42 Å². The minimum atomic E-state index is -4.92. The number of nitrogens with one attached hydrogen (secondary N) is 1. The highest BCUT2D eigenvalue weighted by Gasteiger charge is 2.35. The monoisotopic (exact) mass is 427 g/mol. The molecular weight excluding hydrogens is 413 g/mol. The molecule has 0 bridgehead atoms. The van der Waals surface area contributed by atoms with Crippen molar-refractivity contribution in [1.82, 2.24) is 9.88 Å². The topological polar surface area (TPSA) is 67.6 Å². The van der Waals surface area contributed by atoms with Crippen LogP contribution in [-0.4, -0.2) is 41.3 Å². The minimum Gasteiger partial charge on any atom is -0.420 e. The van der Waals surface area contributed by atoms with E-state index in [0.717, 1.165) is 12.1 Å². The van der Waals surface area contributed by atoms with Crippen molar-refractivity contribution in [2.45, 2.75) is 18.8 Å². The number of fused-ring (bicyclic) bond motifs is 1. The minimum absolute atomic E-state index is 0.0467. The molecule has 1 atom stereocenters. The van der Waals surface area contributed by atoms with Gasteiger partial charge >= 0.3 is 6.36 Å². The van der Waals surface area contributed by atoms with Crippen LogP contribution in [0.5, 0.6) is 5.75 Å². The van der Waals surface area contributed by atoms with Crippen molar-refractivity contribution >= 4 is 23.0 Å². The number of para-hydroxylation sites is 1. The Kier molecular flexibility index (Phi) is 4.96. The Morgan fingerprint density at radius 2 is 1.97 bits per heavy atom. The van der Waals surface area contributed by atoms with Gasteiger partial charge in [0.05, 0.1) is 5.56 Å². The van der Waals surface area contributed by atoms with Crippen LogP contribution < -0.4 is 10.1 Å². The predicted molar refractivity (Wildman–Crippen MR) is 95.0 cm³/mol. The number of hydrogen-bond donors (Lipinski definition) is 1. The maximum atomic E-state index is 13.8. The van der Waals surface area contributed by atoms with Crippen LogP contribution in [-0.2, 0) is 0 Å². The zero-order valence-corrected chi connectivity index (χ0v) is 15.2. The number of aromatic nitrogens is 1. The maximum absolute atomic E-state index is 13.8. The molecule has 4 rings (SSSR count). The third-order valence-corrected chi connectivity index (χ3v) is 4.60. The van der Waals surface area contributed by atoms with E-state index in [0.29, 0.717) is 6.42 Å². The summed E-state index contributed by atoms with van der Waals surface area (Å²) < 4.78 is 73.9. The molecule has 6 nitrogen and oxygen atoms in total. The Labute approximate surface area is 166 Å². The van der Waals surface area contributed by atoms with Crippen LogP contribution >= 0.6 is 0 Å². The first kappa shape index (κ1) is 19.9. The summed E-state index contributed by atoms with van der Waals surface area (Å²) >= 11 is 0. The lowest BCUT2D eigenvalue weighted by molar-refractivity contribution is -0.274. The molecule has 0 aliphatic carbocycles. The van der Waals surface area contributed by atoms with Gasteiger partial charge in [-0.1, -0.05) is 12.1 Å². The number of carbonyl (C=O) groups is 1. The van der Waals surface area contributed by atoms with Gasteiger partial charge in [0, 0.05) is 19.1 Å². The third-order valence-electron chi connectivity index (χ3n) is 4.60. The van der Waals surface area contributed by atoms with Crippen molar-refractivity contribution in [3.05, 3.63) is 53.6 Å². The first-order valence-electron chi connectivity index (χ1n) is 8.86. The summed E-state index contributed by atoms with van der Waals surface area (Å²) in [5, 5.41) is 2.89. The Balaban J connectivity index is 1.46. The zero-order chi connectivity index (χ0) is 21.5. The third kappa shape index (κ3) is 4.00. The molecule has 0 spiro atoms. The van der Waals surface area contributed by atoms with Gasteiger partial charge in [-0.05, 0) is 30.7 Å². The average Bonchev–Trinajstić information content (AvgIpc) is 3.31. The van der Waals surface area contributed by atoms with Gasteiger partial charge in [-0.2, -0.15) is 9.37 Å². The van der Waals surface area contributed by atoms with E-state index in [-0.39, 0.29) is 41.8 Å². The standard InChI is InChI=1S/C19H14F5N3O3/c20-12-5-6-13-16(15(12)21)29-18(26-13)25-10-7-8-27(9-10)17(28)11-3-1-2-4-14(11)30-19(22,23)24/h1-6,10H,7-9H2,(H,25,26). The molecule has 0 saturated carbocycles. The molecule has 1 aromatic heterocycles. The number of ether oxygens (including phenoxy) is 1. The second-order valence-corrected chi connectivity index (χ2v) is 6.65. The molecule has 11 heteroatoms.